The summed E-state index contributed by atoms with van der Waals surface area (Å²) in [7, 11) is 1.58. The highest BCUT2D eigenvalue weighted by Gasteiger charge is 2.26. The van der Waals surface area contributed by atoms with E-state index in [1.54, 1.807) is 32.2 Å². The topological polar surface area (TPSA) is 88.5 Å². The largest absolute Gasteiger partial charge is 0.493 e. The molecule has 2 aliphatic rings. The molecule has 2 aromatic rings. The van der Waals surface area contributed by atoms with E-state index < -0.39 is 11.4 Å². The second-order valence-electron chi connectivity index (χ2n) is 6.95. The number of hydrogen-bond donors (Lipinski definition) is 3. The van der Waals surface area contributed by atoms with Crippen LogP contribution in [-0.2, 0) is 0 Å². The van der Waals surface area contributed by atoms with Gasteiger partial charge in [-0.3, -0.25) is 0 Å². The molecular weight excluding hydrogens is 351 g/mol. The van der Waals surface area contributed by atoms with Gasteiger partial charge in [0.15, 0.2) is 11.5 Å². The summed E-state index contributed by atoms with van der Waals surface area (Å²) in [4.78, 5) is 8.53. The fourth-order valence-electron chi connectivity index (χ4n) is 3.00. The summed E-state index contributed by atoms with van der Waals surface area (Å²) in [6.45, 7) is 3.12. The summed E-state index contributed by atoms with van der Waals surface area (Å²) in [6, 6.07) is 3.58. The van der Waals surface area contributed by atoms with Gasteiger partial charge in [0.1, 0.15) is 24.1 Å². The van der Waals surface area contributed by atoms with Gasteiger partial charge in [-0.1, -0.05) is 6.08 Å². The van der Waals surface area contributed by atoms with Gasteiger partial charge in [0.25, 0.3) is 0 Å². The number of hydrogen-bond acceptors (Lipinski definition) is 7. The van der Waals surface area contributed by atoms with Crippen LogP contribution >= 0.6 is 0 Å². The molecule has 1 fully saturated rings. The summed E-state index contributed by atoms with van der Waals surface area (Å²) in [5.41, 5.74) is -0.270. The van der Waals surface area contributed by atoms with Gasteiger partial charge in [-0.25, -0.2) is 14.4 Å². The van der Waals surface area contributed by atoms with Crippen molar-refractivity contribution in [3.05, 3.63) is 42.1 Å². The minimum absolute atomic E-state index is 0.0843. The molecule has 0 radical (unpaired) electrons. The molecule has 27 heavy (non-hydrogen) atoms. The zero-order valence-corrected chi connectivity index (χ0v) is 15.1. The van der Waals surface area contributed by atoms with Crippen molar-refractivity contribution in [2.24, 2.45) is 0 Å². The molecule has 0 amide bonds. The number of aliphatic hydroxyl groups is 1. The van der Waals surface area contributed by atoms with E-state index in [4.69, 9.17) is 9.47 Å². The van der Waals surface area contributed by atoms with E-state index in [0.29, 0.717) is 28.2 Å². The minimum atomic E-state index is -1.19. The number of aromatic nitrogens is 2. The van der Waals surface area contributed by atoms with E-state index in [9.17, 15) is 9.50 Å². The standard InChI is InChI=1S/C19H21FN4O3/c1-19(25)4-3-14(13(20)7-19)24-18-12-5-17(27-11-8-21-9-11)16(26-2)6-15(12)22-10-23-18/h3-6,10-11,21,25H,7-9H2,1-2H3,(H,22,23,24). The minimum Gasteiger partial charge on any atom is -0.493 e. The Morgan fingerprint density at radius 1 is 1.30 bits per heavy atom. The van der Waals surface area contributed by atoms with Crippen LogP contribution in [-0.4, -0.2) is 47.0 Å². The number of nitrogens with one attached hydrogen (secondary N) is 2. The first-order chi connectivity index (χ1) is 12.9. The lowest BCUT2D eigenvalue weighted by Gasteiger charge is -2.28. The highest BCUT2D eigenvalue weighted by Crippen LogP contribution is 2.36. The first-order valence-corrected chi connectivity index (χ1v) is 8.72. The van der Waals surface area contributed by atoms with Crippen molar-refractivity contribution < 1.29 is 19.0 Å². The monoisotopic (exact) mass is 372 g/mol. The van der Waals surface area contributed by atoms with Crippen LogP contribution in [0.25, 0.3) is 10.9 Å². The Labute approximate surface area is 155 Å². The number of anilines is 1. The maximum Gasteiger partial charge on any atom is 0.162 e. The Morgan fingerprint density at radius 2 is 2.11 bits per heavy atom. The lowest BCUT2D eigenvalue weighted by Crippen LogP contribution is -2.50. The molecule has 1 unspecified atom stereocenters. The van der Waals surface area contributed by atoms with Crippen molar-refractivity contribution in [3.63, 3.8) is 0 Å². The molecule has 3 N–H and O–H groups in total. The van der Waals surface area contributed by atoms with E-state index in [2.05, 4.69) is 20.6 Å². The molecule has 1 aliphatic heterocycles. The molecule has 4 rings (SSSR count). The van der Waals surface area contributed by atoms with Gasteiger partial charge < -0.3 is 25.2 Å². The van der Waals surface area contributed by atoms with E-state index in [-0.39, 0.29) is 18.2 Å². The maximum absolute atomic E-state index is 14.4. The fourth-order valence-corrected chi connectivity index (χ4v) is 3.00. The van der Waals surface area contributed by atoms with Crippen molar-refractivity contribution in [2.75, 3.05) is 25.5 Å². The molecule has 0 bridgehead atoms. The summed E-state index contributed by atoms with van der Waals surface area (Å²) in [5.74, 6) is 1.19. The Kier molecular flexibility index (Phi) is 4.45. The van der Waals surface area contributed by atoms with Crippen molar-refractivity contribution in [3.8, 4) is 11.5 Å². The van der Waals surface area contributed by atoms with Gasteiger partial charge in [0.05, 0.1) is 23.9 Å². The van der Waals surface area contributed by atoms with Crippen LogP contribution in [0, 0.1) is 0 Å². The zero-order chi connectivity index (χ0) is 19.0. The molecule has 1 atom stereocenters. The Balaban J connectivity index is 1.70. The first kappa shape index (κ1) is 17.7. The van der Waals surface area contributed by atoms with Crippen LogP contribution in [0.15, 0.2) is 42.1 Å². The van der Waals surface area contributed by atoms with Gasteiger partial charge in [0.2, 0.25) is 0 Å². The van der Waals surface area contributed by atoms with Crippen molar-refractivity contribution in [1.29, 1.82) is 0 Å². The molecule has 0 saturated carbocycles. The lowest BCUT2D eigenvalue weighted by atomic mass is 9.95. The van der Waals surface area contributed by atoms with E-state index in [1.807, 2.05) is 0 Å². The van der Waals surface area contributed by atoms with Gasteiger partial charge in [-0.15, -0.1) is 0 Å². The second kappa shape index (κ2) is 6.79. The molecule has 2 heterocycles. The average Bonchev–Trinajstić information content (AvgIpc) is 2.59. The quantitative estimate of drug-likeness (QED) is 0.742. The number of benzene rings is 1. The molecule has 142 valence electrons. The molecule has 1 aromatic heterocycles. The fraction of sp³-hybridized carbons (Fsp3) is 0.368. The normalized spacial score (nSPS) is 22.7. The van der Waals surface area contributed by atoms with Gasteiger partial charge in [-0.05, 0) is 19.1 Å². The summed E-state index contributed by atoms with van der Waals surface area (Å²) >= 11 is 0. The van der Waals surface area contributed by atoms with Crippen LogP contribution in [0.3, 0.4) is 0 Å². The Morgan fingerprint density at radius 3 is 2.78 bits per heavy atom. The maximum atomic E-state index is 14.4. The summed E-state index contributed by atoms with van der Waals surface area (Å²) in [6.07, 6.45) is 4.48. The van der Waals surface area contributed by atoms with E-state index in [1.165, 1.54) is 12.4 Å². The van der Waals surface area contributed by atoms with Crippen molar-refractivity contribution >= 4 is 16.7 Å². The average molecular weight is 372 g/mol. The third-order valence-corrected chi connectivity index (χ3v) is 4.63. The predicted molar refractivity (Wildman–Crippen MR) is 99.5 cm³/mol. The predicted octanol–water partition coefficient (Wildman–Crippen LogP) is 2.29. The highest BCUT2D eigenvalue weighted by atomic mass is 19.1. The molecule has 1 saturated heterocycles. The third kappa shape index (κ3) is 3.58. The van der Waals surface area contributed by atoms with Gasteiger partial charge in [0, 0.05) is 31.0 Å². The Bertz CT molecular complexity index is 938. The molecule has 1 aliphatic carbocycles. The number of nitrogens with zero attached hydrogens (tertiary/aromatic N) is 2. The SMILES string of the molecule is COc1cc2ncnc(NC3=C(F)CC(C)(O)C=C3)c2cc1OC1CNC1. The van der Waals surface area contributed by atoms with Crippen molar-refractivity contribution in [2.45, 2.75) is 25.0 Å². The number of halogens is 1. The molecule has 8 heteroatoms. The molecule has 7 nitrogen and oxygen atoms in total. The number of methoxy groups -OCH3 is 1. The number of allylic oxidation sites excluding steroid dienone is 1. The number of ether oxygens (including phenoxy) is 2. The number of fused-ring (bicyclic) bond motifs is 1. The van der Waals surface area contributed by atoms with Gasteiger partial charge >= 0.3 is 0 Å². The van der Waals surface area contributed by atoms with Gasteiger partial charge in [-0.2, -0.15) is 0 Å². The van der Waals surface area contributed by atoms with E-state index in [0.717, 1.165) is 13.1 Å². The zero-order valence-electron chi connectivity index (χ0n) is 15.1. The Hall–Kier alpha value is -2.71. The van der Waals surface area contributed by atoms with Crippen molar-refractivity contribution in [1.82, 2.24) is 15.3 Å². The van der Waals surface area contributed by atoms with Crippen LogP contribution in [0.2, 0.25) is 0 Å². The van der Waals surface area contributed by atoms with Crippen LogP contribution in [0.4, 0.5) is 10.2 Å². The second-order valence-corrected chi connectivity index (χ2v) is 6.95. The first-order valence-electron chi connectivity index (χ1n) is 8.72. The number of rotatable bonds is 5. The molecular formula is C19H21FN4O3. The smallest absolute Gasteiger partial charge is 0.162 e. The van der Waals surface area contributed by atoms with E-state index >= 15 is 0 Å². The third-order valence-electron chi connectivity index (χ3n) is 4.63. The van der Waals surface area contributed by atoms with Crippen LogP contribution in [0.5, 0.6) is 11.5 Å². The summed E-state index contributed by atoms with van der Waals surface area (Å²) < 4.78 is 25.8. The molecule has 1 aromatic carbocycles. The summed E-state index contributed by atoms with van der Waals surface area (Å²) in [5, 5.41) is 16.8. The highest BCUT2D eigenvalue weighted by molar-refractivity contribution is 5.92. The van der Waals surface area contributed by atoms with Crippen LogP contribution in [0.1, 0.15) is 13.3 Å². The van der Waals surface area contributed by atoms with Crippen LogP contribution < -0.4 is 20.1 Å². The molecule has 0 spiro atoms. The lowest BCUT2D eigenvalue weighted by molar-refractivity contribution is 0.103.